The first-order chi connectivity index (χ1) is 5.11. The maximum atomic E-state index is 10.6. The molecule has 3 N–H and O–H groups in total. The Balaban J connectivity index is 2.54. The summed E-state index contributed by atoms with van der Waals surface area (Å²) in [7, 11) is 0. The summed E-state index contributed by atoms with van der Waals surface area (Å²) in [4.78, 5) is 12.0. The molecule has 0 bridgehead atoms. The van der Waals surface area contributed by atoms with Gasteiger partial charge in [0.1, 0.15) is 0 Å². The summed E-state index contributed by atoms with van der Waals surface area (Å²) in [5, 5.41) is 8.70. The Labute approximate surface area is 66.0 Å². The van der Waals surface area contributed by atoms with Gasteiger partial charge in [0, 0.05) is 18.6 Å². The molecule has 1 fully saturated rings. The minimum Gasteiger partial charge on any atom is -0.465 e. The molecule has 1 aliphatic heterocycles. The molecule has 0 aromatic heterocycles. The number of likely N-dealkylation sites (tertiary alicyclic amines) is 1. The fourth-order valence-electron chi connectivity index (χ4n) is 1.40. The van der Waals surface area contributed by atoms with E-state index < -0.39 is 6.09 Å². The fourth-order valence-corrected chi connectivity index (χ4v) is 1.40. The molecular weight excluding hydrogens is 144 g/mol. The van der Waals surface area contributed by atoms with Gasteiger partial charge in [-0.3, -0.25) is 0 Å². The van der Waals surface area contributed by atoms with Gasteiger partial charge in [0.15, 0.2) is 0 Å². The number of nitrogens with zero attached hydrogens (tertiary/aromatic N) is 1. The number of rotatable bonds is 0. The Bertz CT molecular complexity index is 161. The lowest BCUT2D eigenvalue weighted by atomic mass is 10.0. The molecule has 0 unspecified atom stereocenters. The van der Waals surface area contributed by atoms with Crippen molar-refractivity contribution in [1.29, 1.82) is 0 Å². The zero-order valence-electron chi connectivity index (χ0n) is 6.66. The van der Waals surface area contributed by atoms with Crippen molar-refractivity contribution in [2.24, 2.45) is 5.73 Å². The maximum Gasteiger partial charge on any atom is 0.407 e. The highest BCUT2D eigenvalue weighted by Crippen LogP contribution is 2.15. The van der Waals surface area contributed by atoms with Crippen molar-refractivity contribution in [3.05, 3.63) is 0 Å². The molecule has 1 rings (SSSR count). The van der Waals surface area contributed by atoms with Crippen LogP contribution in [-0.2, 0) is 0 Å². The minimum atomic E-state index is -0.854. The van der Waals surface area contributed by atoms with Gasteiger partial charge >= 0.3 is 6.09 Å². The molecule has 0 aliphatic carbocycles. The van der Waals surface area contributed by atoms with Gasteiger partial charge in [-0.2, -0.15) is 0 Å². The Hall–Kier alpha value is -0.770. The molecule has 1 saturated heterocycles. The summed E-state index contributed by atoms with van der Waals surface area (Å²) >= 11 is 0. The smallest absolute Gasteiger partial charge is 0.407 e. The Morgan fingerprint density at radius 2 is 2.27 bits per heavy atom. The van der Waals surface area contributed by atoms with Gasteiger partial charge in [-0.05, 0) is 19.8 Å². The molecule has 1 heterocycles. The normalized spacial score (nSPS) is 32.0. The Kier molecular flexibility index (Phi) is 2.34. The summed E-state index contributed by atoms with van der Waals surface area (Å²) < 4.78 is 0. The summed E-state index contributed by atoms with van der Waals surface area (Å²) in [6.07, 6.45) is 0.964. The van der Waals surface area contributed by atoms with Gasteiger partial charge in [-0.25, -0.2) is 4.79 Å². The van der Waals surface area contributed by atoms with E-state index >= 15 is 0 Å². The van der Waals surface area contributed by atoms with E-state index in [2.05, 4.69) is 0 Å². The molecule has 1 amide bonds. The van der Waals surface area contributed by atoms with Crippen LogP contribution in [0.15, 0.2) is 0 Å². The lowest BCUT2D eigenvalue weighted by Crippen LogP contribution is -2.49. The van der Waals surface area contributed by atoms with E-state index in [1.54, 1.807) is 0 Å². The predicted molar refractivity (Wildman–Crippen MR) is 41.4 cm³/mol. The first-order valence-electron chi connectivity index (χ1n) is 3.86. The second-order valence-electron chi connectivity index (χ2n) is 3.12. The number of carbonyl (C=O) groups is 1. The Morgan fingerprint density at radius 1 is 1.64 bits per heavy atom. The molecule has 2 atom stereocenters. The van der Waals surface area contributed by atoms with Gasteiger partial charge in [0.2, 0.25) is 0 Å². The van der Waals surface area contributed by atoms with Gasteiger partial charge < -0.3 is 15.7 Å². The molecule has 1 aliphatic rings. The SMILES string of the molecule is C[C@@H]1CC[C@@H](N)CN1C(=O)O. The molecule has 4 heteroatoms. The maximum absolute atomic E-state index is 10.6. The van der Waals surface area contributed by atoms with Crippen LogP contribution in [-0.4, -0.2) is 34.7 Å². The standard InChI is InChI=1S/C7H14N2O2/c1-5-2-3-6(8)4-9(5)7(10)11/h5-6H,2-4,8H2,1H3,(H,10,11)/t5-,6-/m1/s1. The van der Waals surface area contributed by atoms with Crippen molar-refractivity contribution in [1.82, 2.24) is 4.90 Å². The van der Waals surface area contributed by atoms with E-state index in [-0.39, 0.29) is 12.1 Å². The van der Waals surface area contributed by atoms with Gasteiger partial charge in [-0.15, -0.1) is 0 Å². The number of hydrogen-bond donors (Lipinski definition) is 2. The number of hydrogen-bond acceptors (Lipinski definition) is 2. The molecule has 0 spiro atoms. The monoisotopic (exact) mass is 158 g/mol. The molecule has 4 nitrogen and oxygen atoms in total. The zero-order valence-corrected chi connectivity index (χ0v) is 6.66. The van der Waals surface area contributed by atoms with Crippen LogP contribution in [0.25, 0.3) is 0 Å². The molecule has 64 valence electrons. The van der Waals surface area contributed by atoms with E-state index in [9.17, 15) is 4.79 Å². The van der Waals surface area contributed by atoms with Gasteiger partial charge in [-0.1, -0.05) is 0 Å². The molecule has 0 radical (unpaired) electrons. The van der Waals surface area contributed by atoms with E-state index in [1.807, 2.05) is 6.92 Å². The quantitative estimate of drug-likeness (QED) is 0.538. The van der Waals surface area contributed by atoms with Crippen LogP contribution in [0.5, 0.6) is 0 Å². The van der Waals surface area contributed by atoms with E-state index in [1.165, 1.54) is 4.90 Å². The highest BCUT2D eigenvalue weighted by Gasteiger charge is 2.26. The highest BCUT2D eigenvalue weighted by atomic mass is 16.4. The van der Waals surface area contributed by atoms with E-state index in [4.69, 9.17) is 10.8 Å². The third-order valence-electron chi connectivity index (χ3n) is 2.16. The number of amides is 1. The molecule has 11 heavy (non-hydrogen) atoms. The lowest BCUT2D eigenvalue weighted by molar-refractivity contribution is 0.106. The average Bonchev–Trinajstić information content (AvgIpc) is 1.94. The van der Waals surface area contributed by atoms with Crippen LogP contribution >= 0.6 is 0 Å². The fraction of sp³-hybridized carbons (Fsp3) is 0.857. The van der Waals surface area contributed by atoms with Crippen LogP contribution in [0, 0.1) is 0 Å². The van der Waals surface area contributed by atoms with Crippen LogP contribution in [0.1, 0.15) is 19.8 Å². The third kappa shape index (κ3) is 1.83. The molecule has 0 aromatic carbocycles. The summed E-state index contributed by atoms with van der Waals surface area (Å²) in [5.41, 5.74) is 5.62. The number of nitrogens with two attached hydrogens (primary N) is 1. The highest BCUT2D eigenvalue weighted by molar-refractivity contribution is 5.65. The summed E-state index contributed by atoms with van der Waals surface area (Å²) in [6, 6.07) is 0.162. The Morgan fingerprint density at radius 3 is 2.73 bits per heavy atom. The van der Waals surface area contributed by atoms with Crippen molar-refractivity contribution in [3.8, 4) is 0 Å². The van der Waals surface area contributed by atoms with Crippen LogP contribution in [0.2, 0.25) is 0 Å². The average molecular weight is 158 g/mol. The number of carboxylic acid groups (broad SMARTS) is 1. The topological polar surface area (TPSA) is 66.6 Å². The van der Waals surface area contributed by atoms with Crippen LogP contribution in [0.4, 0.5) is 4.79 Å². The van der Waals surface area contributed by atoms with Crippen LogP contribution < -0.4 is 5.73 Å². The van der Waals surface area contributed by atoms with E-state index in [0.29, 0.717) is 6.54 Å². The first kappa shape index (κ1) is 8.33. The van der Waals surface area contributed by atoms with Crippen molar-refractivity contribution in [2.75, 3.05) is 6.54 Å². The second-order valence-corrected chi connectivity index (χ2v) is 3.12. The zero-order chi connectivity index (χ0) is 8.43. The largest absolute Gasteiger partial charge is 0.465 e. The second kappa shape index (κ2) is 3.09. The predicted octanol–water partition coefficient (Wildman–Crippen LogP) is 0.476. The molecular formula is C7H14N2O2. The molecule has 0 aromatic rings. The summed E-state index contributed by atoms with van der Waals surface area (Å²) in [6.45, 7) is 2.40. The van der Waals surface area contributed by atoms with Gasteiger partial charge in [0.25, 0.3) is 0 Å². The van der Waals surface area contributed by atoms with Gasteiger partial charge in [0.05, 0.1) is 0 Å². The van der Waals surface area contributed by atoms with Crippen molar-refractivity contribution < 1.29 is 9.90 Å². The van der Waals surface area contributed by atoms with Crippen molar-refractivity contribution >= 4 is 6.09 Å². The minimum absolute atomic E-state index is 0.0299. The van der Waals surface area contributed by atoms with Crippen LogP contribution in [0.3, 0.4) is 0 Å². The lowest BCUT2D eigenvalue weighted by Gasteiger charge is -2.34. The first-order valence-corrected chi connectivity index (χ1v) is 3.86. The summed E-state index contributed by atoms with van der Waals surface area (Å²) in [5.74, 6) is 0. The van der Waals surface area contributed by atoms with Crippen molar-refractivity contribution in [3.63, 3.8) is 0 Å². The van der Waals surface area contributed by atoms with E-state index in [0.717, 1.165) is 12.8 Å². The number of piperidine rings is 1. The molecule has 0 saturated carbocycles. The van der Waals surface area contributed by atoms with Crippen molar-refractivity contribution in [2.45, 2.75) is 31.8 Å². The third-order valence-corrected chi connectivity index (χ3v) is 2.16.